The molecule has 252 valence electrons. The molecule has 0 aliphatic heterocycles. The summed E-state index contributed by atoms with van der Waals surface area (Å²) in [4.78, 5) is 5.33. The Balaban J connectivity index is 1.12. The van der Waals surface area contributed by atoms with Crippen LogP contribution >= 0.6 is 0 Å². The molecule has 0 saturated carbocycles. The number of hydrogen-bond acceptors (Lipinski definition) is 1. The third-order valence-electron chi connectivity index (χ3n) is 10.9. The molecule has 3 heteroatoms. The van der Waals surface area contributed by atoms with Gasteiger partial charge in [-0.15, -0.1) is 0 Å². The fraction of sp³-hybridized carbons (Fsp3) is 0. The number of fused-ring (bicyclic) bond motifs is 7. The summed E-state index contributed by atoms with van der Waals surface area (Å²) >= 11 is 0. The summed E-state index contributed by atoms with van der Waals surface area (Å²) in [5, 5.41) is 7.38. The minimum atomic E-state index is 0.898. The molecule has 0 unspecified atom stereocenters. The van der Waals surface area contributed by atoms with Crippen molar-refractivity contribution in [3.05, 3.63) is 200 Å². The first-order valence-electron chi connectivity index (χ1n) is 18.5. The molecule has 11 aromatic rings. The van der Waals surface area contributed by atoms with Crippen molar-refractivity contribution in [3.63, 3.8) is 0 Å². The number of hydrogen-bond donors (Lipinski definition) is 0. The SMILES string of the molecule is c1ccc(-c2cc(-c3ccccc3)nc(-n3c4ccccc4c4cc(-c5ccc6c7ccccc7n(-c7cccc8ccccc78)c6c5)ccc43)c2)cc1. The molecule has 0 radical (unpaired) electrons. The highest BCUT2D eigenvalue weighted by molar-refractivity contribution is 6.13. The minimum Gasteiger partial charge on any atom is -0.309 e. The van der Waals surface area contributed by atoms with Crippen LogP contribution in [0.25, 0.3) is 99.4 Å². The van der Waals surface area contributed by atoms with Crippen LogP contribution in [-0.4, -0.2) is 14.1 Å². The van der Waals surface area contributed by atoms with E-state index in [0.717, 1.165) is 39.2 Å². The molecule has 8 aromatic carbocycles. The smallest absolute Gasteiger partial charge is 0.138 e. The molecule has 0 N–H and O–H groups in total. The van der Waals surface area contributed by atoms with Crippen LogP contribution in [-0.2, 0) is 0 Å². The predicted octanol–water partition coefficient (Wildman–Crippen LogP) is 13.4. The van der Waals surface area contributed by atoms with Gasteiger partial charge in [0.15, 0.2) is 0 Å². The zero-order valence-corrected chi connectivity index (χ0v) is 29.4. The van der Waals surface area contributed by atoms with E-state index in [4.69, 9.17) is 4.98 Å². The van der Waals surface area contributed by atoms with Crippen LogP contribution in [0.3, 0.4) is 0 Å². The van der Waals surface area contributed by atoms with Gasteiger partial charge in [-0.25, -0.2) is 4.98 Å². The summed E-state index contributed by atoms with van der Waals surface area (Å²) in [7, 11) is 0. The second-order valence-electron chi connectivity index (χ2n) is 14.0. The summed E-state index contributed by atoms with van der Waals surface area (Å²) in [6.45, 7) is 0. The van der Waals surface area contributed by atoms with Crippen LogP contribution in [0, 0.1) is 0 Å². The Morgan fingerprint density at radius 2 is 0.870 bits per heavy atom. The Hall–Kier alpha value is -7.23. The maximum atomic E-state index is 5.33. The lowest BCUT2D eigenvalue weighted by Gasteiger charge is -2.13. The van der Waals surface area contributed by atoms with Crippen molar-refractivity contribution in [2.24, 2.45) is 0 Å². The van der Waals surface area contributed by atoms with Gasteiger partial charge in [0.05, 0.1) is 33.4 Å². The van der Waals surface area contributed by atoms with E-state index in [-0.39, 0.29) is 0 Å². The molecule has 0 saturated heterocycles. The van der Waals surface area contributed by atoms with Gasteiger partial charge in [0.2, 0.25) is 0 Å². The Morgan fingerprint density at radius 1 is 0.296 bits per heavy atom. The van der Waals surface area contributed by atoms with Crippen LogP contribution in [0.2, 0.25) is 0 Å². The number of pyridine rings is 1. The molecule has 0 amide bonds. The number of para-hydroxylation sites is 2. The second kappa shape index (κ2) is 12.2. The van der Waals surface area contributed by atoms with E-state index in [1.165, 1.54) is 60.2 Å². The van der Waals surface area contributed by atoms with E-state index >= 15 is 0 Å². The van der Waals surface area contributed by atoms with Crippen molar-refractivity contribution in [1.82, 2.24) is 14.1 Å². The van der Waals surface area contributed by atoms with Crippen LogP contribution in [0.15, 0.2) is 200 Å². The standard InChI is InChI=1S/C51H33N3/c1-3-14-34(15-4-1)39-31-45(36-17-5-2-6-18-36)52-51(33-39)54-48-24-12-10-22-42(48)44-30-37(27-29-49(44)54)38-26-28-43-41-21-9-11-23-47(41)53(50(43)32-38)46-25-13-19-35-16-7-8-20-40(35)46/h1-33H. The monoisotopic (exact) mass is 687 g/mol. The topological polar surface area (TPSA) is 22.8 Å². The van der Waals surface area contributed by atoms with Crippen molar-refractivity contribution in [3.8, 4) is 45.0 Å². The van der Waals surface area contributed by atoms with Crippen LogP contribution in [0.1, 0.15) is 0 Å². The molecule has 0 aliphatic carbocycles. The average Bonchev–Trinajstić information content (AvgIpc) is 3.76. The lowest BCUT2D eigenvalue weighted by molar-refractivity contribution is 1.08. The molecular formula is C51H33N3. The normalized spacial score (nSPS) is 11.7. The van der Waals surface area contributed by atoms with Gasteiger partial charge in [-0.2, -0.15) is 0 Å². The van der Waals surface area contributed by atoms with Crippen molar-refractivity contribution < 1.29 is 0 Å². The van der Waals surface area contributed by atoms with Crippen LogP contribution in [0.5, 0.6) is 0 Å². The fourth-order valence-corrected chi connectivity index (χ4v) is 8.40. The van der Waals surface area contributed by atoms with E-state index in [2.05, 4.69) is 209 Å². The number of benzene rings is 8. The van der Waals surface area contributed by atoms with Crippen molar-refractivity contribution in [2.75, 3.05) is 0 Å². The van der Waals surface area contributed by atoms with E-state index in [0.29, 0.717) is 0 Å². The largest absolute Gasteiger partial charge is 0.309 e. The maximum absolute atomic E-state index is 5.33. The van der Waals surface area contributed by atoms with Crippen molar-refractivity contribution in [2.45, 2.75) is 0 Å². The first kappa shape index (κ1) is 30.4. The Labute approximate surface area is 312 Å². The quantitative estimate of drug-likeness (QED) is 0.177. The summed E-state index contributed by atoms with van der Waals surface area (Å²) < 4.78 is 4.77. The number of nitrogens with zero attached hydrogens (tertiary/aromatic N) is 3. The Morgan fingerprint density at radius 3 is 1.67 bits per heavy atom. The average molecular weight is 688 g/mol. The molecule has 0 fully saturated rings. The first-order valence-corrected chi connectivity index (χ1v) is 18.5. The second-order valence-corrected chi connectivity index (χ2v) is 14.0. The third-order valence-corrected chi connectivity index (χ3v) is 10.9. The summed E-state index contributed by atoms with van der Waals surface area (Å²) in [6, 6.07) is 72.1. The third kappa shape index (κ3) is 4.79. The van der Waals surface area contributed by atoms with Gasteiger partial charge in [-0.05, 0) is 76.2 Å². The van der Waals surface area contributed by atoms with E-state index in [1.54, 1.807) is 0 Å². The van der Waals surface area contributed by atoms with Crippen molar-refractivity contribution >= 4 is 54.4 Å². The summed E-state index contributed by atoms with van der Waals surface area (Å²) in [5.74, 6) is 0.898. The van der Waals surface area contributed by atoms with E-state index in [9.17, 15) is 0 Å². The molecule has 3 heterocycles. The lowest BCUT2D eigenvalue weighted by atomic mass is 10.0. The highest BCUT2D eigenvalue weighted by atomic mass is 15.1. The molecule has 0 atom stereocenters. The molecule has 11 rings (SSSR count). The molecule has 3 nitrogen and oxygen atoms in total. The van der Waals surface area contributed by atoms with Crippen molar-refractivity contribution in [1.29, 1.82) is 0 Å². The fourth-order valence-electron chi connectivity index (χ4n) is 8.40. The molecule has 54 heavy (non-hydrogen) atoms. The van der Waals surface area contributed by atoms with Crippen LogP contribution < -0.4 is 0 Å². The highest BCUT2D eigenvalue weighted by Gasteiger charge is 2.18. The molecular weight excluding hydrogens is 655 g/mol. The summed E-state index contributed by atoms with van der Waals surface area (Å²) in [6.07, 6.45) is 0. The Kier molecular flexibility index (Phi) is 6.86. The first-order chi connectivity index (χ1) is 26.8. The number of rotatable bonds is 5. The van der Waals surface area contributed by atoms with E-state index in [1.807, 2.05) is 0 Å². The van der Waals surface area contributed by atoms with Gasteiger partial charge in [-0.3, -0.25) is 4.57 Å². The Bertz CT molecular complexity index is 3140. The maximum Gasteiger partial charge on any atom is 0.138 e. The van der Waals surface area contributed by atoms with Gasteiger partial charge in [0.1, 0.15) is 5.82 Å². The zero-order chi connectivity index (χ0) is 35.6. The minimum absolute atomic E-state index is 0.898. The predicted molar refractivity (Wildman–Crippen MR) is 227 cm³/mol. The van der Waals surface area contributed by atoms with Gasteiger partial charge in [0, 0.05) is 32.5 Å². The van der Waals surface area contributed by atoms with Crippen LogP contribution in [0.4, 0.5) is 0 Å². The lowest BCUT2D eigenvalue weighted by Crippen LogP contribution is -2.00. The molecule has 0 aliphatic rings. The number of aromatic nitrogens is 3. The van der Waals surface area contributed by atoms with Gasteiger partial charge < -0.3 is 4.57 Å². The van der Waals surface area contributed by atoms with E-state index < -0.39 is 0 Å². The zero-order valence-electron chi connectivity index (χ0n) is 29.4. The van der Waals surface area contributed by atoms with Gasteiger partial charge >= 0.3 is 0 Å². The van der Waals surface area contributed by atoms with Gasteiger partial charge in [0.25, 0.3) is 0 Å². The van der Waals surface area contributed by atoms with Gasteiger partial charge in [-0.1, -0.05) is 152 Å². The summed E-state index contributed by atoms with van der Waals surface area (Å²) in [5.41, 5.74) is 12.6. The molecule has 3 aromatic heterocycles. The molecule has 0 bridgehead atoms. The molecule has 0 spiro atoms. The highest BCUT2D eigenvalue weighted by Crippen LogP contribution is 2.40.